The van der Waals surface area contributed by atoms with Crippen molar-refractivity contribution in [1.82, 2.24) is 10.2 Å². The van der Waals surface area contributed by atoms with Gasteiger partial charge in [-0.3, -0.25) is 14.4 Å². The molecule has 2 amide bonds. The van der Waals surface area contributed by atoms with E-state index in [1.807, 2.05) is 20.8 Å². The van der Waals surface area contributed by atoms with Gasteiger partial charge in [0.25, 0.3) is 5.91 Å². The van der Waals surface area contributed by atoms with Crippen LogP contribution in [-0.2, 0) is 27.3 Å². The molecule has 0 fully saturated rings. The van der Waals surface area contributed by atoms with Crippen molar-refractivity contribution in [3.8, 4) is 5.75 Å². The summed E-state index contributed by atoms with van der Waals surface area (Å²) in [5, 5.41) is 60.1. The van der Waals surface area contributed by atoms with E-state index in [0.29, 0.717) is 11.3 Å². The first-order valence-electron chi connectivity index (χ1n) is 13.8. The summed E-state index contributed by atoms with van der Waals surface area (Å²) in [6.45, 7) is 4.74. The number of nitrogens with one attached hydrogen (secondary N) is 2. The number of allylic oxidation sites excluding steroid dienone is 1. The second-order valence-electron chi connectivity index (χ2n) is 12.3. The molecule has 0 radical (unpaired) electrons. The van der Waals surface area contributed by atoms with E-state index >= 15 is 0 Å². The Morgan fingerprint density at radius 2 is 1.84 bits per heavy atom. The third-order valence-electron chi connectivity index (χ3n) is 8.33. The average molecular weight is 603 g/mol. The summed E-state index contributed by atoms with van der Waals surface area (Å²) < 4.78 is 4.78. The van der Waals surface area contributed by atoms with Crippen LogP contribution in [0.5, 0.6) is 5.75 Å². The fourth-order valence-corrected chi connectivity index (χ4v) is 6.59. The Morgan fingerprint density at radius 3 is 2.37 bits per heavy atom. The molecule has 0 saturated heterocycles. The maximum atomic E-state index is 14.1. The van der Waals surface area contributed by atoms with Crippen molar-refractivity contribution in [3.05, 3.63) is 45.4 Å². The smallest absolute Gasteiger partial charge is 0.412 e. The van der Waals surface area contributed by atoms with Gasteiger partial charge in [-0.15, -0.1) is 0 Å². The minimum absolute atomic E-state index is 0.0492. The zero-order chi connectivity index (χ0) is 32.2. The highest BCUT2D eigenvalue weighted by Gasteiger charge is 2.62. The quantitative estimate of drug-likeness (QED) is 0.123. The predicted octanol–water partition coefficient (Wildman–Crippen LogP) is 0.755. The number of amides is 2. The number of phenols is 1. The number of anilines is 1. The van der Waals surface area contributed by atoms with Crippen molar-refractivity contribution in [2.75, 3.05) is 32.7 Å². The van der Waals surface area contributed by atoms with Crippen LogP contribution in [0, 0.1) is 17.3 Å². The Kier molecular flexibility index (Phi) is 8.26. The van der Waals surface area contributed by atoms with Crippen molar-refractivity contribution >= 4 is 29.3 Å². The molecule has 0 saturated carbocycles. The number of nitrogens with two attached hydrogens (primary N) is 1. The molecule has 0 aliphatic heterocycles. The molecule has 3 aliphatic rings. The lowest BCUT2D eigenvalue weighted by Gasteiger charge is -2.48. The molecule has 0 heterocycles. The summed E-state index contributed by atoms with van der Waals surface area (Å²) in [5.74, 6) is -7.48. The number of aromatic hydroxyl groups is 1. The van der Waals surface area contributed by atoms with Gasteiger partial charge in [-0.05, 0) is 42.9 Å². The third-order valence-corrected chi connectivity index (χ3v) is 8.33. The highest BCUT2D eigenvalue weighted by atomic mass is 16.6. The summed E-state index contributed by atoms with van der Waals surface area (Å²) in [5.41, 5.74) is 1.84. The van der Waals surface area contributed by atoms with Gasteiger partial charge >= 0.3 is 6.09 Å². The number of hydrogen-bond acceptors (Lipinski definition) is 12. The fraction of sp³-hybridized carbons (Fsp3) is 0.517. The van der Waals surface area contributed by atoms with Crippen molar-refractivity contribution in [1.29, 1.82) is 0 Å². The first kappa shape index (κ1) is 31.8. The van der Waals surface area contributed by atoms with Crippen molar-refractivity contribution in [2.45, 2.75) is 51.8 Å². The number of rotatable bonds is 7. The fourth-order valence-electron chi connectivity index (χ4n) is 6.59. The molecular formula is C29H38N4O10. The summed E-state index contributed by atoms with van der Waals surface area (Å²) in [6.07, 6.45) is -0.788. The number of phenolic OH excluding ortho intramolecular Hbond substituents is 1. The maximum absolute atomic E-state index is 14.1. The summed E-state index contributed by atoms with van der Waals surface area (Å²) in [7, 11) is 3.05. The molecule has 0 bridgehead atoms. The van der Waals surface area contributed by atoms with Crippen LogP contribution in [0.25, 0.3) is 0 Å². The number of nitrogens with zero attached hydrogens (tertiary/aromatic N) is 1. The van der Waals surface area contributed by atoms with Gasteiger partial charge < -0.3 is 51.5 Å². The molecule has 43 heavy (non-hydrogen) atoms. The molecule has 3 unspecified atom stereocenters. The molecule has 14 nitrogen and oxygen atoms in total. The van der Waals surface area contributed by atoms with Crippen LogP contribution in [0.1, 0.15) is 48.7 Å². The predicted molar refractivity (Wildman–Crippen MR) is 152 cm³/mol. The van der Waals surface area contributed by atoms with Crippen molar-refractivity contribution < 1.29 is 49.4 Å². The van der Waals surface area contributed by atoms with Gasteiger partial charge in [0.1, 0.15) is 22.8 Å². The summed E-state index contributed by atoms with van der Waals surface area (Å²) >= 11 is 0. The molecule has 9 N–H and O–H groups in total. The number of ketones is 2. The Balaban J connectivity index is 1.87. The molecule has 14 heteroatoms. The minimum atomic E-state index is -2.75. The van der Waals surface area contributed by atoms with Crippen LogP contribution >= 0.6 is 0 Å². The molecule has 1 aromatic carbocycles. The van der Waals surface area contributed by atoms with Crippen LogP contribution in [0.3, 0.4) is 0 Å². The summed E-state index contributed by atoms with van der Waals surface area (Å²) in [6, 6.07) is 0.447. The monoisotopic (exact) mass is 602 g/mol. The van der Waals surface area contributed by atoms with Crippen molar-refractivity contribution in [2.24, 2.45) is 23.0 Å². The lowest BCUT2D eigenvalue weighted by atomic mass is 9.58. The Morgan fingerprint density at radius 1 is 1.19 bits per heavy atom. The number of aliphatic hydroxyl groups excluding tert-OH is 3. The number of hydrogen-bond donors (Lipinski definition) is 8. The van der Waals surface area contributed by atoms with Crippen LogP contribution < -0.4 is 16.4 Å². The van der Waals surface area contributed by atoms with Gasteiger partial charge in [0.2, 0.25) is 5.78 Å². The van der Waals surface area contributed by atoms with Gasteiger partial charge in [0.15, 0.2) is 18.2 Å². The number of carbonyl (C=O) groups excluding carboxylic acids is 4. The molecule has 4 rings (SSSR count). The lowest BCUT2D eigenvalue weighted by Crippen LogP contribution is -2.63. The number of carbonyl (C=O) groups is 4. The molecule has 3 aliphatic carbocycles. The van der Waals surface area contributed by atoms with E-state index < -0.39 is 82.1 Å². The van der Waals surface area contributed by atoms with E-state index in [9.17, 15) is 39.6 Å². The normalized spacial score (nSPS) is 25.1. The van der Waals surface area contributed by atoms with E-state index in [2.05, 4.69) is 10.6 Å². The third kappa shape index (κ3) is 5.08. The molecule has 4 atom stereocenters. The molecule has 0 spiro atoms. The topological polar surface area (TPSA) is 232 Å². The molecule has 0 aromatic heterocycles. The highest BCUT2D eigenvalue weighted by Crippen LogP contribution is 2.52. The zero-order valence-electron chi connectivity index (χ0n) is 24.6. The number of benzene rings is 1. The Labute approximate surface area is 247 Å². The largest absolute Gasteiger partial charge is 0.510 e. The van der Waals surface area contributed by atoms with Crippen LogP contribution in [0.4, 0.5) is 10.5 Å². The van der Waals surface area contributed by atoms with E-state index in [0.717, 1.165) is 0 Å². The van der Waals surface area contributed by atoms with Gasteiger partial charge in [-0.1, -0.05) is 20.8 Å². The standard InChI is InChI=1S/C29H38N4O10/c1-28(2,3)10-33(27(41)43-11-34)9-13-8-16(31-4)14-6-12-7-15-20(32-5)23(37)19(26(30)40)25(39)29(15,42)24(38)17(12)22(36)18(14)21(13)35/h8,12,15,20,31-32,34-35,37-38,42H,6-7,9-11H2,1-5H3,(H2,30,40)/t12?,15?,20-,29?/m0/s1. The zero-order valence-corrected chi connectivity index (χ0v) is 24.6. The second-order valence-corrected chi connectivity index (χ2v) is 12.3. The molecule has 234 valence electrons. The number of ether oxygens (including phenoxy) is 1. The van der Waals surface area contributed by atoms with Gasteiger partial charge in [-0.2, -0.15) is 0 Å². The summed E-state index contributed by atoms with van der Waals surface area (Å²) in [4.78, 5) is 53.4. The second kappa shape index (κ2) is 11.2. The number of likely N-dealkylation sites (N-methyl/N-ethyl adjacent to an activating group) is 1. The highest BCUT2D eigenvalue weighted by molar-refractivity contribution is 6.25. The van der Waals surface area contributed by atoms with Crippen LogP contribution in [-0.4, -0.2) is 93.1 Å². The first-order chi connectivity index (χ1) is 20.0. The number of primary amides is 1. The SMILES string of the molecule is CNc1cc(CN(CC(C)(C)C)C(=O)OCO)c(O)c2c1CC1CC3[C@H](NC)C(O)=C(C(N)=O)C(=O)C3(O)C(O)=C1C2=O. The van der Waals surface area contributed by atoms with Crippen LogP contribution in [0.15, 0.2) is 28.7 Å². The lowest BCUT2D eigenvalue weighted by molar-refractivity contribution is -0.146. The molecular weight excluding hydrogens is 564 g/mol. The maximum Gasteiger partial charge on any atom is 0.412 e. The Bertz CT molecular complexity index is 1460. The van der Waals surface area contributed by atoms with E-state index in [1.54, 1.807) is 13.1 Å². The number of Topliss-reactive ketones (excluding diaryl/α,β-unsaturated/α-hetero) is 2. The average Bonchev–Trinajstić information content (AvgIpc) is 2.91. The van der Waals surface area contributed by atoms with Gasteiger partial charge in [0, 0.05) is 36.3 Å². The minimum Gasteiger partial charge on any atom is -0.510 e. The Hall–Kier alpha value is -4.14. The van der Waals surface area contributed by atoms with E-state index in [1.165, 1.54) is 11.9 Å². The van der Waals surface area contributed by atoms with Gasteiger partial charge in [-0.25, -0.2) is 4.79 Å². The first-order valence-corrected chi connectivity index (χ1v) is 13.8. The van der Waals surface area contributed by atoms with Crippen LogP contribution in [0.2, 0.25) is 0 Å². The van der Waals surface area contributed by atoms with Gasteiger partial charge in [0.05, 0.1) is 18.2 Å². The van der Waals surface area contributed by atoms with Crippen molar-refractivity contribution in [3.63, 3.8) is 0 Å². The molecule has 1 aromatic rings. The number of aliphatic hydroxyl groups is 4. The van der Waals surface area contributed by atoms with E-state index in [-0.39, 0.29) is 42.6 Å². The van der Waals surface area contributed by atoms with E-state index in [4.69, 9.17) is 15.6 Å². The number of fused-ring (bicyclic) bond motifs is 3.